The Labute approximate surface area is 78.9 Å². The van der Waals surface area contributed by atoms with E-state index in [4.69, 9.17) is 11.6 Å². The van der Waals surface area contributed by atoms with Crippen molar-refractivity contribution < 1.29 is 4.79 Å². The van der Waals surface area contributed by atoms with Gasteiger partial charge in [-0.15, -0.1) is 0 Å². The van der Waals surface area contributed by atoms with Gasteiger partial charge < -0.3 is 4.79 Å². The predicted octanol–water partition coefficient (Wildman–Crippen LogP) is 2.02. The van der Waals surface area contributed by atoms with Gasteiger partial charge in [-0.25, -0.2) is 0 Å². The van der Waals surface area contributed by atoms with E-state index in [1.807, 2.05) is 0 Å². The Morgan fingerprint density at radius 2 is 1.58 bits per heavy atom. The van der Waals surface area contributed by atoms with E-state index in [1.54, 1.807) is 0 Å². The van der Waals surface area contributed by atoms with Crippen LogP contribution in [0.2, 0.25) is 0 Å². The average molecular weight is 190 g/mol. The van der Waals surface area contributed by atoms with Gasteiger partial charge in [0.1, 0.15) is 5.50 Å². The van der Waals surface area contributed by atoms with E-state index in [-0.39, 0.29) is 0 Å². The number of hydrogen-bond acceptors (Lipinski definition) is 2. The fraction of sp³-hybridized carbons (Fsp3) is 0.889. The van der Waals surface area contributed by atoms with Gasteiger partial charge in [0, 0.05) is 0 Å². The summed E-state index contributed by atoms with van der Waals surface area (Å²) in [6.07, 6.45) is 7.07. The maximum absolute atomic E-state index is 10.4. The second-order valence-corrected chi connectivity index (χ2v) is 3.76. The third kappa shape index (κ3) is 3.11. The molecule has 3 heteroatoms. The zero-order chi connectivity index (χ0) is 8.81. The van der Waals surface area contributed by atoms with Gasteiger partial charge in [-0.3, -0.25) is 4.90 Å². The molecular formula is C9H16ClNO. The van der Waals surface area contributed by atoms with Crippen molar-refractivity contribution in [2.75, 3.05) is 13.1 Å². The first-order chi connectivity index (χ1) is 5.84. The third-order valence-corrected chi connectivity index (χ3v) is 2.73. The van der Waals surface area contributed by atoms with Gasteiger partial charge in [0.05, 0.1) is 0 Å². The molecular weight excluding hydrogens is 174 g/mol. The Bertz CT molecular complexity index is 132. The summed E-state index contributed by atoms with van der Waals surface area (Å²) in [5, 5.41) is 0. The normalized spacial score (nSPS) is 24.1. The molecule has 0 aromatic heterocycles. The number of likely N-dealkylation sites (tertiary alicyclic amines) is 1. The van der Waals surface area contributed by atoms with Crippen LogP contribution in [-0.2, 0) is 4.79 Å². The second kappa shape index (κ2) is 5.55. The molecule has 1 fully saturated rings. The Kier molecular flexibility index (Phi) is 4.62. The first kappa shape index (κ1) is 10.0. The molecule has 2 nitrogen and oxygen atoms in total. The van der Waals surface area contributed by atoms with Crippen molar-refractivity contribution in [2.45, 2.75) is 37.6 Å². The largest absolute Gasteiger partial charge is 0.300 e. The molecule has 1 aliphatic rings. The summed E-state index contributed by atoms with van der Waals surface area (Å²) in [5.74, 6) is 0. The standard InChI is InChI=1S/C9H16ClNO/c10-9(8-12)11-6-4-2-1-3-5-7-11/h8-9H,1-7H2. The highest BCUT2D eigenvalue weighted by Gasteiger charge is 2.14. The van der Waals surface area contributed by atoms with E-state index < -0.39 is 5.50 Å². The van der Waals surface area contributed by atoms with E-state index in [0.717, 1.165) is 19.4 Å². The van der Waals surface area contributed by atoms with Crippen molar-refractivity contribution in [3.63, 3.8) is 0 Å². The zero-order valence-corrected chi connectivity index (χ0v) is 8.09. The molecule has 0 aliphatic carbocycles. The number of nitrogens with zero attached hydrogens (tertiary/aromatic N) is 1. The first-order valence-electron chi connectivity index (χ1n) is 4.68. The molecule has 0 N–H and O–H groups in total. The van der Waals surface area contributed by atoms with Crippen LogP contribution in [0.1, 0.15) is 32.1 Å². The fourth-order valence-corrected chi connectivity index (χ4v) is 1.80. The second-order valence-electron chi connectivity index (χ2n) is 3.31. The molecule has 1 heterocycles. The van der Waals surface area contributed by atoms with Crippen LogP contribution in [0, 0.1) is 0 Å². The van der Waals surface area contributed by atoms with Crippen LogP contribution in [0.5, 0.6) is 0 Å². The molecule has 12 heavy (non-hydrogen) atoms. The van der Waals surface area contributed by atoms with E-state index in [9.17, 15) is 4.79 Å². The lowest BCUT2D eigenvalue weighted by Gasteiger charge is -2.25. The van der Waals surface area contributed by atoms with Gasteiger partial charge in [-0.1, -0.05) is 30.9 Å². The smallest absolute Gasteiger partial charge is 0.152 e. The number of aldehydes is 1. The number of carbonyl (C=O) groups is 1. The molecule has 1 unspecified atom stereocenters. The minimum absolute atomic E-state index is 0.400. The highest BCUT2D eigenvalue weighted by atomic mass is 35.5. The van der Waals surface area contributed by atoms with Crippen molar-refractivity contribution in [2.24, 2.45) is 0 Å². The number of alkyl halides is 1. The Balaban J connectivity index is 2.33. The van der Waals surface area contributed by atoms with Crippen molar-refractivity contribution in [1.29, 1.82) is 0 Å². The van der Waals surface area contributed by atoms with Crippen molar-refractivity contribution >= 4 is 17.9 Å². The molecule has 1 saturated heterocycles. The van der Waals surface area contributed by atoms with Crippen molar-refractivity contribution in [1.82, 2.24) is 4.90 Å². The third-order valence-electron chi connectivity index (χ3n) is 2.35. The maximum atomic E-state index is 10.4. The monoisotopic (exact) mass is 189 g/mol. The molecule has 0 amide bonds. The molecule has 0 spiro atoms. The van der Waals surface area contributed by atoms with E-state index in [0.29, 0.717) is 0 Å². The minimum atomic E-state index is -0.400. The quantitative estimate of drug-likeness (QED) is 0.376. The maximum Gasteiger partial charge on any atom is 0.152 e. The molecule has 0 saturated carbocycles. The van der Waals surface area contributed by atoms with Gasteiger partial charge in [0.25, 0.3) is 0 Å². The van der Waals surface area contributed by atoms with Crippen molar-refractivity contribution in [3.8, 4) is 0 Å². The molecule has 1 aliphatic heterocycles. The Morgan fingerprint density at radius 1 is 1.08 bits per heavy atom. The van der Waals surface area contributed by atoms with Gasteiger partial charge >= 0.3 is 0 Å². The van der Waals surface area contributed by atoms with Crippen LogP contribution in [0.3, 0.4) is 0 Å². The van der Waals surface area contributed by atoms with E-state index in [2.05, 4.69) is 4.90 Å². The highest BCUT2D eigenvalue weighted by molar-refractivity contribution is 6.27. The van der Waals surface area contributed by atoms with E-state index >= 15 is 0 Å². The number of hydrogen-bond donors (Lipinski definition) is 0. The molecule has 70 valence electrons. The lowest BCUT2D eigenvalue weighted by Crippen LogP contribution is -2.34. The summed E-state index contributed by atoms with van der Waals surface area (Å²) in [7, 11) is 0. The van der Waals surface area contributed by atoms with Crippen LogP contribution < -0.4 is 0 Å². The summed E-state index contributed by atoms with van der Waals surface area (Å²) in [5.41, 5.74) is -0.400. The average Bonchev–Trinajstić information content (AvgIpc) is 2.02. The SMILES string of the molecule is O=CC(Cl)N1CCCCCCC1. The summed E-state index contributed by atoms with van der Waals surface area (Å²) >= 11 is 5.83. The lowest BCUT2D eigenvalue weighted by molar-refractivity contribution is -0.110. The topological polar surface area (TPSA) is 20.3 Å². The van der Waals surface area contributed by atoms with Gasteiger partial charge in [-0.05, 0) is 25.9 Å². The predicted molar refractivity (Wildman–Crippen MR) is 50.4 cm³/mol. The Morgan fingerprint density at radius 3 is 2.08 bits per heavy atom. The molecule has 0 radical (unpaired) electrons. The zero-order valence-electron chi connectivity index (χ0n) is 7.34. The molecule has 0 bridgehead atoms. The Hall–Kier alpha value is -0.0800. The highest BCUT2D eigenvalue weighted by Crippen LogP contribution is 2.13. The van der Waals surface area contributed by atoms with Crippen LogP contribution in [-0.4, -0.2) is 29.8 Å². The van der Waals surface area contributed by atoms with Crippen LogP contribution in [0.15, 0.2) is 0 Å². The molecule has 1 atom stereocenters. The van der Waals surface area contributed by atoms with Crippen molar-refractivity contribution in [3.05, 3.63) is 0 Å². The van der Waals surface area contributed by atoms with Crippen LogP contribution in [0.4, 0.5) is 0 Å². The lowest BCUT2D eigenvalue weighted by atomic mass is 10.1. The van der Waals surface area contributed by atoms with Gasteiger partial charge in [-0.2, -0.15) is 0 Å². The number of rotatable bonds is 2. The van der Waals surface area contributed by atoms with Gasteiger partial charge in [0.2, 0.25) is 0 Å². The minimum Gasteiger partial charge on any atom is -0.300 e. The fourth-order valence-electron chi connectivity index (χ4n) is 1.60. The van der Waals surface area contributed by atoms with E-state index in [1.165, 1.54) is 32.1 Å². The summed E-state index contributed by atoms with van der Waals surface area (Å²) < 4.78 is 0. The summed E-state index contributed by atoms with van der Waals surface area (Å²) in [6.45, 7) is 1.96. The number of halogens is 1. The first-order valence-corrected chi connectivity index (χ1v) is 5.11. The molecule has 1 rings (SSSR count). The summed E-state index contributed by atoms with van der Waals surface area (Å²) in [4.78, 5) is 12.5. The molecule has 0 aromatic rings. The van der Waals surface area contributed by atoms with Crippen LogP contribution in [0.25, 0.3) is 0 Å². The van der Waals surface area contributed by atoms with Gasteiger partial charge in [0.15, 0.2) is 6.29 Å². The number of carbonyl (C=O) groups excluding carboxylic acids is 1. The van der Waals surface area contributed by atoms with Crippen LogP contribution >= 0.6 is 11.6 Å². The molecule has 0 aromatic carbocycles. The summed E-state index contributed by atoms with van der Waals surface area (Å²) in [6, 6.07) is 0.